The van der Waals surface area contributed by atoms with Crippen LogP contribution in [0, 0.1) is 5.92 Å². The number of aliphatic carboxylic acids is 1. The van der Waals surface area contributed by atoms with Crippen molar-refractivity contribution in [1.82, 2.24) is 10.6 Å². The number of carboxylic acid groups (broad SMARTS) is 1. The van der Waals surface area contributed by atoms with Gasteiger partial charge in [-0.2, -0.15) is 0 Å². The zero-order valence-corrected chi connectivity index (χ0v) is 14.6. The lowest BCUT2D eigenvalue weighted by Crippen LogP contribution is -2.37. The quantitative estimate of drug-likeness (QED) is 0.674. The Morgan fingerprint density at radius 1 is 1.12 bits per heavy atom. The van der Waals surface area contributed by atoms with E-state index >= 15 is 0 Å². The topological polar surface area (TPSA) is 95.5 Å². The van der Waals surface area contributed by atoms with Crippen LogP contribution in [0.4, 0.5) is 0 Å². The number of nitrogens with one attached hydrogen (secondary N) is 2. The molecule has 7 heteroatoms. The Bertz CT molecular complexity index is 716. The molecule has 1 heterocycles. The minimum atomic E-state index is -0.986. The highest BCUT2D eigenvalue weighted by Gasteiger charge is 2.26. The summed E-state index contributed by atoms with van der Waals surface area (Å²) in [4.78, 5) is 35.9. The summed E-state index contributed by atoms with van der Waals surface area (Å²) >= 11 is 1.33. The van der Waals surface area contributed by atoms with Gasteiger partial charge in [0.1, 0.15) is 0 Å². The predicted octanol–water partition coefficient (Wildman–Crippen LogP) is 2.45. The fraction of sp³-hybridized carbons (Fsp3) is 0.278. The van der Waals surface area contributed by atoms with E-state index in [0.717, 1.165) is 5.56 Å². The Kier molecular flexibility index (Phi) is 6.71. The summed E-state index contributed by atoms with van der Waals surface area (Å²) in [6.45, 7) is 1.74. The van der Waals surface area contributed by atoms with Gasteiger partial charge >= 0.3 is 5.97 Å². The molecule has 3 N–H and O–H groups in total. The molecule has 2 aromatic rings. The van der Waals surface area contributed by atoms with Crippen LogP contribution in [0.15, 0.2) is 47.8 Å². The van der Waals surface area contributed by atoms with Crippen molar-refractivity contribution in [3.8, 4) is 0 Å². The third kappa shape index (κ3) is 5.42. The van der Waals surface area contributed by atoms with Crippen molar-refractivity contribution in [2.45, 2.75) is 19.4 Å². The zero-order valence-electron chi connectivity index (χ0n) is 13.8. The molecule has 0 saturated carbocycles. The van der Waals surface area contributed by atoms with E-state index in [4.69, 9.17) is 0 Å². The molecule has 0 aliphatic carbocycles. The second-order valence-corrected chi connectivity index (χ2v) is 6.51. The van der Waals surface area contributed by atoms with Crippen molar-refractivity contribution in [2.75, 3.05) is 6.54 Å². The van der Waals surface area contributed by atoms with E-state index in [9.17, 15) is 19.5 Å². The molecular weight excluding hydrogens is 340 g/mol. The van der Waals surface area contributed by atoms with Gasteiger partial charge in [-0.3, -0.25) is 14.4 Å². The van der Waals surface area contributed by atoms with Crippen molar-refractivity contribution in [1.29, 1.82) is 0 Å². The van der Waals surface area contributed by atoms with Crippen molar-refractivity contribution in [3.05, 3.63) is 58.3 Å². The van der Waals surface area contributed by atoms with E-state index in [0.29, 0.717) is 4.88 Å². The lowest BCUT2D eigenvalue weighted by atomic mass is 9.94. The first-order chi connectivity index (χ1) is 12.0. The summed E-state index contributed by atoms with van der Waals surface area (Å²) in [5, 5.41) is 16.5. The maximum absolute atomic E-state index is 12.2. The lowest BCUT2D eigenvalue weighted by molar-refractivity contribution is -0.142. The van der Waals surface area contributed by atoms with Gasteiger partial charge < -0.3 is 15.7 Å². The van der Waals surface area contributed by atoms with Gasteiger partial charge in [0.2, 0.25) is 5.91 Å². The molecule has 0 aliphatic rings. The summed E-state index contributed by atoms with van der Waals surface area (Å²) in [6, 6.07) is 11.8. The molecule has 0 saturated heterocycles. The molecule has 0 aliphatic heterocycles. The highest BCUT2D eigenvalue weighted by molar-refractivity contribution is 7.12. The summed E-state index contributed by atoms with van der Waals surface area (Å²) in [6.07, 6.45) is 0.0762. The average molecular weight is 360 g/mol. The smallest absolute Gasteiger partial charge is 0.308 e. The lowest BCUT2D eigenvalue weighted by Gasteiger charge is -2.23. The first-order valence-electron chi connectivity index (χ1n) is 7.88. The van der Waals surface area contributed by atoms with Crippen LogP contribution in [0.3, 0.4) is 0 Å². The molecule has 6 nitrogen and oxygen atoms in total. The van der Waals surface area contributed by atoms with Gasteiger partial charge in [0.15, 0.2) is 0 Å². The van der Waals surface area contributed by atoms with E-state index in [-0.39, 0.29) is 24.8 Å². The van der Waals surface area contributed by atoms with Gasteiger partial charge in [-0.1, -0.05) is 36.4 Å². The summed E-state index contributed by atoms with van der Waals surface area (Å²) < 4.78 is 0. The fourth-order valence-corrected chi connectivity index (χ4v) is 2.97. The van der Waals surface area contributed by atoms with Crippen LogP contribution in [0.2, 0.25) is 0 Å². The van der Waals surface area contributed by atoms with Crippen LogP contribution in [-0.4, -0.2) is 29.4 Å². The molecule has 0 radical (unpaired) electrons. The maximum atomic E-state index is 12.2. The van der Waals surface area contributed by atoms with Gasteiger partial charge in [0, 0.05) is 13.0 Å². The van der Waals surface area contributed by atoms with E-state index in [1.165, 1.54) is 11.3 Å². The first kappa shape index (κ1) is 18.7. The summed E-state index contributed by atoms with van der Waals surface area (Å²) in [5.41, 5.74) is 0.730. The van der Waals surface area contributed by atoms with Crippen LogP contribution in [0.5, 0.6) is 0 Å². The number of carboxylic acids is 1. The molecule has 0 spiro atoms. The standard InChI is InChI=1S/C18H20N2O4S/c1-12(18(23)24)16(13-6-3-2-4-7-13)20-15(21)9-10-19-17(22)14-8-5-11-25-14/h2-8,11-12,16H,9-10H2,1H3,(H,19,22)(H,20,21)(H,23,24). The third-order valence-electron chi connectivity index (χ3n) is 3.75. The highest BCUT2D eigenvalue weighted by Crippen LogP contribution is 2.22. The fourth-order valence-electron chi connectivity index (χ4n) is 2.33. The van der Waals surface area contributed by atoms with Gasteiger partial charge in [-0.25, -0.2) is 0 Å². The Morgan fingerprint density at radius 3 is 2.44 bits per heavy atom. The molecule has 2 unspecified atom stereocenters. The van der Waals surface area contributed by atoms with Crippen LogP contribution >= 0.6 is 11.3 Å². The Hall–Kier alpha value is -2.67. The van der Waals surface area contributed by atoms with Crippen LogP contribution in [0.1, 0.15) is 34.6 Å². The minimum Gasteiger partial charge on any atom is -0.481 e. The second-order valence-electron chi connectivity index (χ2n) is 5.57. The van der Waals surface area contributed by atoms with E-state index in [2.05, 4.69) is 10.6 Å². The highest BCUT2D eigenvalue weighted by atomic mass is 32.1. The molecule has 132 valence electrons. The Morgan fingerprint density at radius 2 is 1.84 bits per heavy atom. The number of carbonyl (C=O) groups is 3. The first-order valence-corrected chi connectivity index (χ1v) is 8.76. The molecule has 2 amide bonds. The van der Waals surface area contributed by atoms with Gasteiger partial charge in [0.25, 0.3) is 5.91 Å². The molecule has 1 aromatic carbocycles. The van der Waals surface area contributed by atoms with Gasteiger partial charge in [0.05, 0.1) is 16.8 Å². The largest absolute Gasteiger partial charge is 0.481 e. The van der Waals surface area contributed by atoms with Crippen molar-refractivity contribution >= 4 is 29.1 Å². The van der Waals surface area contributed by atoms with Crippen LogP contribution in [0.25, 0.3) is 0 Å². The summed E-state index contributed by atoms with van der Waals surface area (Å²) in [5.74, 6) is -2.29. The summed E-state index contributed by atoms with van der Waals surface area (Å²) in [7, 11) is 0. The zero-order chi connectivity index (χ0) is 18.2. The van der Waals surface area contributed by atoms with Crippen molar-refractivity contribution in [3.63, 3.8) is 0 Å². The Labute approximate surface area is 149 Å². The predicted molar refractivity (Wildman–Crippen MR) is 95.4 cm³/mol. The van der Waals surface area contributed by atoms with Crippen molar-refractivity contribution in [2.24, 2.45) is 5.92 Å². The molecule has 2 rings (SSSR count). The maximum Gasteiger partial charge on any atom is 0.308 e. The average Bonchev–Trinajstić information content (AvgIpc) is 3.14. The molecule has 1 aromatic heterocycles. The minimum absolute atomic E-state index is 0.0762. The number of hydrogen-bond acceptors (Lipinski definition) is 4. The van der Waals surface area contributed by atoms with Gasteiger partial charge in [-0.05, 0) is 23.9 Å². The van der Waals surface area contributed by atoms with E-state index in [1.807, 2.05) is 6.07 Å². The number of hydrogen-bond donors (Lipinski definition) is 3. The molecule has 25 heavy (non-hydrogen) atoms. The Balaban J connectivity index is 1.91. The number of rotatable bonds is 8. The molecule has 0 fully saturated rings. The SMILES string of the molecule is CC(C(=O)O)C(NC(=O)CCNC(=O)c1cccs1)c1ccccc1. The number of thiophene rings is 1. The number of amides is 2. The third-order valence-corrected chi connectivity index (χ3v) is 4.62. The molecular formula is C18H20N2O4S. The normalized spacial score (nSPS) is 12.8. The second kappa shape index (κ2) is 8.98. The van der Waals surface area contributed by atoms with Gasteiger partial charge in [-0.15, -0.1) is 11.3 Å². The monoisotopic (exact) mass is 360 g/mol. The van der Waals surface area contributed by atoms with Crippen molar-refractivity contribution < 1.29 is 19.5 Å². The molecule has 0 bridgehead atoms. The number of benzene rings is 1. The number of carbonyl (C=O) groups excluding carboxylic acids is 2. The molecule has 2 atom stereocenters. The van der Waals surface area contributed by atoms with E-state index < -0.39 is 17.9 Å². The van der Waals surface area contributed by atoms with Crippen LogP contribution in [-0.2, 0) is 9.59 Å². The van der Waals surface area contributed by atoms with Crippen LogP contribution < -0.4 is 10.6 Å². The van der Waals surface area contributed by atoms with E-state index in [1.54, 1.807) is 48.7 Å².